The van der Waals surface area contributed by atoms with E-state index in [0.29, 0.717) is 6.54 Å². The van der Waals surface area contributed by atoms with Gasteiger partial charge >= 0.3 is 0 Å². The number of ether oxygens (including phenoxy) is 1. The van der Waals surface area contributed by atoms with Gasteiger partial charge < -0.3 is 14.7 Å². The van der Waals surface area contributed by atoms with Crippen LogP contribution in [0.1, 0.15) is 5.56 Å². The fraction of sp³-hybridized carbons (Fsp3) is 0.333. The molecule has 1 rings (SSSR count). The van der Waals surface area contributed by atoms with E-state index in [0.717, 1.165) is 17.0 Å². The smallest absolute Gasteiger partial charge is 0.128 e. The third-order valence-corrected chi connectivity index (χ3v) is 2.31. The molecule has 0 aromatic heterocycles. The van der Waals surface area contributed by atoms with Crippen LogP contribution in [0.3, 0.4) is 0 Å². The van der Waals surface area contributed by atoms with Crippen LogP contribution in [-0.4, -0.2) is 32.4 Å². The topological polar surface area (TPSA) is 32.7 Å². The number of likely N-dealkylation sites (N-methyl/N-ethyl adjacent to an activating group) is 1. The van der Waals surface area contributed by atoms with Gasteiger partial charge in [-0.25, -0.2) is 0 Å². The Bertz CT molecular complexity index is 336. The number of hydrogen-bond acceptors (Lipinski definition) is 3. The van der Waals surface area contributed by atoms with Crippen LogP contribution in [0.25, 0.3) is 6.08 Å². The second kappa shape index (κ2) is 5.41. The predicted octanol–water partition coefficient (Wildman–Crippen LogP) is 1.77. The molecule has 0 aliphatic carbocycles. The summed E-state index contributed by atoms with van der Waals surface area (Å²) < 4.78 is 5.24. The first-order valence-corrected chi connectivity index (χ1v) is 4.85. The zero-order valence-electron chi connectivity index (χ0n) is 9.23. The van der Waals surface area contributed by atoms with E-state index in [1.165, 1.54) is 0 Å². The molecule has 1 N–H and O–H groups in total. The summed E-state index contributed by atoms with van der Waals surface area (Å²) in [7, 11) is 3.57. The number of aliphatic hydroxyl groups excluding tert-OH is 1. The van der Waals surface area contributed by atoms with Crippen molar-refractivity contribution in [2.45, 2.75) is 0 Å². The molecule has 1 aromatic carbocycles. The standard InChI is InChI=1S/C12H17NO2/c1-4-10-5-6-11(9-12(10)15-3)13(2)7-8-14/h4-6,9,14H,1,7-8H2,2-3H3. The van der Waals surface area contributed by atoms with Crippen LogP contribution in [0.15, 0.2) is 24.8 Å². The quantitative estimate of drug-likeness (QED) is 0.798. The van der Waals surface area contributed by atoms with Crippen LogP contribution < -0.4 is 9.64 Å². The molecule has 0 aliphatic heterocycles. The molecule has 1 aromatic rings. The number of aliphatic hydroxyl groups is 1. The molecule has 15 heavy (non-hydrogen) atoms. The third kappa shape index (κ3) is 2.73. The van der Waals surface area contributed by atoms with Crippen molar-refractivity contribution in [2.75, 3.05) is 32.2 Å². The van der Waals surface area contributed by atoms with Gasteiger partial charge in [0, 0.05) is 30.9 Å². The van der Waals surface area contributed by atoms with Gasteiger partial charge in [-0.15, -0.1) is 0 Å². The first-order chi connectivity index (χ1) is 7.22. The maximum atomic E-state index is 8.84. The molecule has 0 unspecified atom stereocenters. The Morgan fingerprint density at radius 2 is 2.27 bits per heavy atom. The summed E-state index contributed by atoms with van der Waals surface area (Å²) in [6.07, 6.45) is 1.76. The van der Waals surface area contributed by atoms with Gasteiger partial charge in [0.05, 0.1) is 13.7 Å². The van der Waals surface area contributed by atoms with E-state index in [4.69, 9.17) is 9.84 Å². The second-order valence-electron chi connectivity index (χ2n) is 3.28. The Labute approximate surface area is 90.6 Å². The van der Waals surface area contributed by atoms with Crippen LogP contribution in [0.4, 0.5) is 5.69 Å². The molecule has 0 saturated heterocycles. The number of benzene rings is 1. The molecular formula is C12H17NO2. The van der Waals surface area contributed by atoms with Gasteiger partial charge in [0.25, 0.3) is 0 Å². The van der Waals surface area contributed by atoms with E-state index in [1.54, 1.807) is 13.2 Å². The van der Waals surface area contributed by atoms with Gasteiger partial charge in [0.1, 0.15) is 5.75 Å². The lowest BCUT2D eigenvalue weighted by atomic mass is 10.1. The van der Waals surface area contributed by atoms with Gasteiger partial charge in [0.15, 0.2) is 0 Å². The summed E-state index contributed by atoms with van der Waals surface area (Å²) in [5.74, 6) is 0.798. The van der Waals surface area contributed by atoms with Crippen molar-refractivity contribution in [3.63, 3.8) is 0 Å². The molecule has 0 saturated carbocycles. The minimum absolute atomic E-state index is 0.141. The fourth-order valence-electron chi connectivity index (χ4n) is 1.38. The number of rotatable bonds is 5. The Morgan fingerprint density at radius 3 is 2.80 bits per heavy atom. The summed E-state index contributed by atoms with van der Waals surface area (Å²) >= 11 is 0. The van der Waals surface area contributed by atoms with Crippen LogP contribution in [-0.2, 0) is 0 Å². The summed E-state index contributed by atoms with van der Waals surface area (Å²) in [6.45, 7) is 4.47. The highest BCUT2D eigenvalue weighted by atomic mass is 16.5. The molecular weight excluding hydrogens is 190 g/mol. The van der Waals surface area contributed by atoms with Crippen molar-refractivity contribution >= 4 is 11.8 Å². The molecule has 3 nitrogen and oxygen atoms in total. The summed E-state index contributed by atoms with van der Waals surface area (Å²) in [6, 6.07) is 5.87. The second-order valence-corrected chi connectivity index (χ2v) is 3.28. The fourth-order valence-corrected chi connectivity index (χ4v) is 1.38. The number of anilines is 1. The van der Waals surface area contributed by atoms with Crippen LogP contribution in [0, 0.1) is 0 Å². The average Bonchev–Trinajstić information content (AvgIpc) is 2.28. The molecule has 0 fully saturated rings. The average molecular weight is 207 g/mol. The van der Waals surface area contributed by atoms with Crippen molar-refractivity contribution in [3.05, 3.63) is 30.3 Å². The van der Waals surface area contributed by atoms with Gasteiger partial charge in [-0.1, -0.05) is 12.7 Å². The van der Waals surface area contributed by atoms with Gasteiger partial charge in [-0.3, -0.25) is 0 Å². The number of methoxy groups -OCH3 is 1. The lowest BCUT2D eigenvalue weighted by Crippen LogP contribution is -2.21. The van der Waals surface area contributed by atoms with Crippen molar-refractivity contribution in [1.82, 2.24) is 0 Å². The van der Waals surface area contributed by atoms with Crippen LogP contribution in [0.5, 0.6) is 5.75 Å². The van der Waals surface area contributed by atoms with Crippen molar-refractivity contribution in [1.29, 1.82) is 0 Å². The Hall–Kier alpha value is -1.48. The zero-order chi connectivity index (χ0) is 11.3. The molecule has 0 atom stereocenters. The molecule has 0 bridgehead atoms. The Morgan fingerprint density at radius 1 is 1.53 bits per heavy atom. The first-order valence-electron chi connectivity index (χ1n) is 4.85. The van der Waals surface area contributed by atoms with Crippen molar-refractivity contribution in [2.24, 2.45) is 0 Å². The zero-order valence-corrected chi connectivity index (χ0v) is 9.23. The SMILES string of the molecule is C=Cc1ccc(N(C)CCO)cc1OC. The molecule has 0 radical (unpaired) electrons. The molecule has 0 aliphatic rings. The molecule has 82 valence electrons. The van der Waals surface area contributed by atoms with Crippen LogP contribution in [0.2, 0.25) is 0 Å². The van der Waals surface area contributed by atoms with E-state index in [-0.39, 0.29) is 6.61 Å². The summed E-state index contributed by atoms with van der Waals surface area (Å²) in [5, 5.41) is 8.84. The van der Waals surface area contributed by atoms with Crippen molar-refractivity contribution < 1.29 is 9.84 Å². The van der Waals surface area contributed by atoms with E-state index in [1.807, 2.05) is 30.1 Å². The van der Waals surface area contributed by atoms with Crippen LogP contribution >= 0.6 is 0 Å². The van der Waals surface area contributed by atoms with Gasteiger partial charge in [-0.2, -0.15) is 0 Å². The van der Waals surface area contributed by atoms with Crippen molar-refractivity contribution in [3.8, 4) is 5.75 Å². The number of hydrogen-bond donors (Lipinski definition) is 1. The highest BCUT2D eigenvalue weighted by Gasteiger charge is 2.04. The highest BCUT2D eigenvalue weighted by Crippen LogP contribution is 2.25. The summed E-state index contributed by atoms with van der Waals surface area (Å²) in [4.78, 5) is 1.97. The molecule has 0 amide bonds. The normalized spacial score (nSPS) is 9.80. The molecule has 3 heteroatoms. The predicted molar refractivity (Wildman–Crippen MR) is 63.4 cm³/mol. The first kappa shape index (κ1) is 11.6. The van der Waals surface area contributed by atoms with Gasteiger partial charge in [-0.05, 0) is 12.1 Å². The number of nitrogens with zero attached hydrogens (tertiary/aromatic N) is 1. The maximum Gasteiger partial charge on any atom is 0.128 e. The van der Waals surface area contributed by atoms with E-state index >= 15 is 0 Å². The van der Waals surface area contributed by atoms with E-state index in [9.17, 15) is 0 Å². The molecule has 0 heterocycles. The Balaban J connectivity index is 2.97. The largest absolute Gasteiger partial charge is 0.496 e. The Kier molecular flexibility index (Phi) is 4.18. The minimum Gasteiger partial charge on any atom is -0.496 e. The summed E-state index contributed by atoms with van der Waals surface area (Å²) in [5.41, 5.74) is 1.99. The molecule has 0 spiro atoms. The minimum atomic E-state index is 0.141. The monoisotopic (exact) mass is 207 g/mol. The van der Waals surface area contributed by atoms with E-state index < -0.39 is 0 Å². The lowest BCUT2D eigenvalue weighted by Gasteiger charge is -2.19. The van der Waals surface area contributed by atoms with E-state index in [2.05, 4.69) is 6.58 Å². The lowest BCUT2D eigenvalue weighted by molar-refractivity contribution is 0.304. The third-order valence-electron chi connectivity index (χ3n) is 2.31. The maximum absolute atomic E-state index is 8.84. The highest BCUT2D eigenvalue weighted by molar-refractivity contribution is 5.62. The van der Waals surface area contributed by atoms with Gasteiger partial charge in [0.2, 0.25) is 0 Å².